The van der Waals surface area contributed by atoms with Crippen molar-refractivity contribution in [2.45, 2.75) is 18.9 Å². The van der Waals surface area contributed by atoms with Gasteiger partial charge in [0.25, 0.3) is 0 Å². The number of fused-ring (bicyclic) bond motifs is 1. The van der Waals surface area contributed by atoms with E-state index in [2.05, 4.69) is 10.1 Å². The van der Waals surface area contributed by atoms with E-state index >= 15 is 0 Å². The Morgan fingerprint density at radius 3 is 3.11 bits per heavy atom. The van der Waals surface area contributed by atoms with E-state index in [1.165, 1.54) is 0 Å². The molecule has 0 aromatic carbocycles. The maximum absolute atomic E-state index is 10.2. The summed E-state index contributed by atoms with van der Waals surface area (Å²) in [6.07, 6.45) is 4.55. The molecule has 0 aliphatic carbocycles. The molecule has 3 heterocycles. The molecule has 3 rings (SSSR count). The van der Waals surface area contributed by atoms with E-state index in [4.69, 9.17) is 0 Å². The molecule has 0 spiro atoms. The molecule has 3 aromatic rings. The van der Waals surface area contributed by atoms with E-state index in [9.17, 15) is 5.11 Å². The van der Waals surface area contributed by atoms with Gasteiger partial charge >= 0.3 is 0 Å². The number of aryl methyl sites for hydroxylation is 2. The third-order valence-corrected chi connectivity index (χ3v) is 4.16. The van der Waals surface area contributed by atoms with Crippen molar-refractivity contribution >= 4 is 21.6 Å². The lowest BCUT2D eigenvalue weighted by Gasteiger charge is -2.10. The fourth-order valence-corrected chi connectivity index (χ4v) is 2.93. The second-order valence-electron chi connectivity index (χ2n) is 4.57. The first-order chi connectivity index (χ1) is 9.24. The molecule has 0 radical (unpaired) electrons. The van der Waals surface area contributed by atoms with E-state index in [0.717, 1.165) is 27.9 Å². The minimum absolute atomic E-state index is 0.478. The fraction of sp³-hybridized carbons (Fsp3) is 0.286. The highest BCUT2D eigenvalue weighted by molar-refractivity contribution is 7.17. The Morgan fingerprint density at radius 2 is 2.32 bits per heavy atom. The molecule has 1 N–H and O–H groups in total. The number of nitrogens with zero attached hydrogens (tertiary/aromatic N) is 3. The molecule has 0 amide bonds. The molecule has 98 valence electrons. The second kappa shape index (κ2) is 5.11. The van der Waals surface area contributed by atoms with Gasteiger partial charge in [-0.05, 0) is 36.4 Å². The lowest BCUT2D eigenvalue weighted by molar-refractivity contribution is 0.167. The molecule has 5 heteroatoms. The molecule has 1 atom stereocenters. The zero-order valence-corrected chi connectivity index (χ0v) is 11.5. The number of aliphatic hydroxyl groups excluding tert-OH is 1. The number of hydrogen-bond acceptors (Lipinski definition) is 4. The Balaban J connectivity index is 1.72. The second-order valence-corrected chi connectivity index (χ2v) is 5.52. The van der Waals surface area contributed by atoms with Crippen LogP contribution in [-0.2, 0) is 13.5 Å². The minimum atomic E-state index is -0.478. The molecule has 3 aromatic heterocycles. The SMILES string of the molecule is Cn1nccc1CCC(O)c1cnc2ccsc2c1. The van der Waals surface area contributed by atoms with Gasteiger partial charge in [-0.2, -0.15) is 5.10 Å². The first kappa shape index (κ1) is 12.3. The predicted octanol–water partition coefficient (Wildman–Crippen LogP) is 2.70. The van der Waals surface area contributed by atoms with Crippen molar-refractivity contribution in [2.24, 2.45) is 7.05 Å². The number of hydrogen-bond donors (Lipinski definition) is 1. The van der Waals surface area contributed by atoms with Gasteiger partial charge in [-0.3, -0.25) is 9.67 Å². The molecule has 19 heavy (non-hydrogen) atoms. The molecule has 0 bridgehead atoms. The van der Waals surface area contributed by atoms with E-state index in [1.807, 2.05) is 35.3 Å². The summed E-state index contributed by atoms with van der Waals surface area (Å²) in [5.41, 5.74) is 3.01. The molecular formula is C14H15N3OS. The summed E-state index contributed by atoms with van der Waals surface area (Å²) < 4.78 is 2.96. The Morgan fingerprint density at radius 1 is 1.42 bits per heavy atom. The van der Waals surface area contributed by atoms with Crippen LogP contribution in [0.1, 0.15) is 23.8 Å². The molecular weight excluding hydrogens is 258 g/mol. The van der Waals surface area contributed by atoms with Crippen molar-refractivity contribution in [3.8, 4) is 0 Å². The van der Waals surface area contributed by atoms with Gasteiger partial charge in [-0.15, -0.1) is 11.3 Å². The van der Waals surface area contributed by atoms with Crippen LogP contribution in [-0.4, -0.2) is 19.9 Å². The summed E-state index contributed by atoms with van der Waals surface area (Å²) in [6, 6.07) is 6.00. The summed E-state index contributed by atoms with van der Waals surface area (Å²) in [5.74, 6) is 0. The Labute approximate surface area is 115 Å². The van der Waals surface area contributed by atoms with Gasteiger partial charge < -0.3 is 5.11 Å². The van der Waals surface area contributed by atoms with E-state index in [0.29, 0.717) is 6.42 Å². The molecule has 4 nitrogen and oxygen atoms in total. The molecule has 0 saturated heterocycles. The highest BCUT2D eigenvalue weighted by Crippen LogP contribution is 2.24. The van der Waals surface area contributed by atoms with Crippen LogP contribution in [0.4, 0.5) is 0 Å². The highest BCUT2D eigenvalue weighted by Gasteiger charge is 2.10. The van der Waals surface area contributed by atoms with Crippen LogP contribution in [0.15, 0.2) is 36.0 Å². The highest BCUT2D eigenvalue weighted by atomic mass is 32.1. The third kappa shape index (κ3) is 2.52. The van der Waals surface area contributed by atoms with Crippen LogP contribution in [0.3, 0.4) is 0 Å². The van der Waals surface area contributed by atoms with E-state index in [1.54, 1.807) is 23.7 Å². The van der Waals surface area contributed by atoms with Crippen molar-refractivity contribution < 1.29 is 5.11 Å². The summed E-state index contributed by atoms with van der Waals surface area (Å²) in [4.78, 5) is 4.36. The maximum Gasteiger partial charge on any atom is 0.0809 e. The Bertz CT molecular complexity index is 689. The first-order valence-electron chi connectivity index (χ1n) is 6.22. The molecule has 1 unspecified atom stereocenters. The van der Waals surface area contributed by atoms with Crippen LogP contribution in [0, 0.1) is 0 Å². The van der Waals surface area contributed by atoms with Crippen LogP contribution in [0.25, 0.3) is 10.2 Å². The maximum atomic E-state index is 10.2. The standard InChI is InChI=1S/C14H15N3OS/c1-17-11(4-6-16-17)2-3-13(18)10-8-14-12(15-9-10)5-7-19-14/h4-9,13,18H,2-3H2,1H3. The molecule has 0 aliphatic heterocycles. The number of thiophene rings is 1. The Hall–Kier alpha value is -1.72. The summed E-state index contributed by atoms with van der Waals surface area (Å²) in [7, 11) is 1.92. The van der Waals surface area contributed by atoms with Crippen LogP contribution in [0.5, 0.6) is 0 Å². The summed E-state index contributed by atoms with van der Waals surface area (Å²) in [6.45, 7) is 0. The summed E-state index contributed by atoms with van der Waals surface area (Å²) >= 11 is 1.65. The monoisotopic (exact) mass is 273 g/mol. The van der Waals surface area contributed by atoms with Crippen LogP contribution in [0.2, 0.25) is 0 Å². The lowest BCUT2D eigenvalue weighted by atomic mass is 10.1. The number of rotatable bonds is 4. The van der Waals surface area contributed by atoms with Crippen molar-refractivity contribution in [3.63, 3.8) is 0 Å². The smallest absolute Gasteiger partial charge is 0.0809 e. The van der Waals surface area contributed by atoms with Gasteiger partial charge in [0, 0.05) is 30.7 Å². The van der Waals surface area contributed by atoms with Crippen molar-refractivity contribution in [3.05, 3.63) is 47.2 Å². The van der Waals surface area contributed by atoms with Gasteiger partial charge in [-0.25, -0.2) is 0 Å². The lowest BCUT2D eigenvalue weighted by Crippen LogP contribution is -2.03. The Kier molecular flexibility index (Phi) is 3.31. The van der Waals surface area contributed by atoms with E-state index in [-0.39, 0.29) is 0 Å². The van der Waals surface area contributed by atoms with Crippen LogP contribution >= 0.6 is 11.3 Å². The normalized spacial score (nSPS) is 12.9. The third-order valence-electron chi connectivity index (χ3n) is 3.30. The van der Waals surface area contributed by atoms with E-state index < -0.39 is 6.10 Å². The van der Waals surface area contributed by atoms with Crippen molar-refractivity contribution in [1.82, 2.24) is 14.8 Å². The minimum Gasteiger partial charge on any atom is -0.388 e. The largest absolute Gasteiger partial charge is 0.388 e. The average molecular weight is 273 g/mol. The van der Waals surface area contributed by atoms with Crippen LogP contribution < -0.4 is 0 Å². The molecule has 0 fully saturated rings. The zero-order chi connectivity index (χ0) is 13.2. The molecule has 0 saturated carbocycles. The zero-order valence-electron chi connectivity index (χ0n) is 10.7. The van der Waals surface area contributed by atoms with Gasteiger partial charge in [0.2, 0.25) is 0 Å². The number of pyridine rings is 1. The van der Waals surface area contributed by atoms with Gasteiger partial charge in [0.1, 0.15) is 0 Å². The predicted molar refractivity (Wildman–Crippen MR) is 76.1 cm³/mol. The average Bonchev–Trinajstić information content (AvgIpc) is 3.03. The number of aromatic nitrogens is 3. The van der Waals surface area contributed by atoms with Gasteiger partial charge in [0.15, 0.2) is 0 Å². The van der Waals surface area contributed by atoms with Crippen molar-refractivity contribution in [1.29, 1.82) is 0 Å². The number of aliphatic hydroxyl groups is 1. The molecule has 0 aliphatic rings. The quantitative estimate of drug-likeness (QED) is 0.795. The topological polar surface area (TPSA) is 50.9 Å². The first-order valence-corrected chi connectivity index (χ1v) is 7.10. The fourth-order valence-electron chi connectivity index (χ4n) is 2.14. The van der Waals surface area contributed by atoms with Gasteiger partial charge in [0.05, 0.1) is 16.3 Å². The van der Waals surface area contributed by atoms with Gasteiger partial charge in [-0.1, -0.05) is 0 Å². The summed E-state index contributed by atoms with van der Waals surface area (Å²) in [5, 5.41) is 16.4. The van der Waals surface area contributed by atoms with Crippen molar-refractivity contribution in [2.75, 3.05) is 0 Å².